The van der Waals surface area contributed by atoms with Crippen LogP contribution in [0, 0.1) is 0 Å². The summed E-state index contributed by atoms with van der Waals surface area (Å²) in [7, 11) is 0. The molecule has 1 atom stereocenters. The average Bonchev–Trinajstić information content (AvgIpc) is 2.71. The predicted molar refractivity (Wildman–Crippen MR) is 87.5 cm³/mol. The number of hydrogen-bond acceptors (Lipinski definition) is 2. The minimum Gasteiger partial charge on any atom is -0.217 e. The second kappa shape index (κ2) is 5.58. The van der Waals surface area contributed by atoms with E-state index in [-0.39, 0.29) is 10.6 Å². The summed E-state index contributed by atoms with van der Waals surface area (Å²) in [6.07, 6.45) is 0. The van der Waals surface area contributed by atoms with Crippen LogP contribution in [0.1, 0.15) is 11.1 Å². The van der Waals surface area contributed by atoms with Crippen LogP contribution in [0.5, 0.6) is 0 Å². The van der Waals surface area contributed by atoms with E-state index in [0.717, 1.165) is 4.47 Å². The third-order valence-corrected chi connectivity index (χ3v) is 5.24. The molecule has 0 aromatic heterocycles. The van der Waals surface area contributed by atoms with Crippen LogP contribution >= 0.6 is 39.3 Å². The zero-order chi connectivity index (χ0) is 16.0. The maximum absolute atomic E-state index is 15.0. The highest BCUT2D eigenvalue weighted by atomic mass is 79.9. The predicted octanol–water partition coefficient (Wildman–Crippen LogP) is 6.01. The zero-order valence-electron chi connectivity index (χ0n) is 10.9. The van der Waals surface area contributed by atoms with E-state index in [1.165, 1.54) is 24.3 Å². The number of halogens is 5. The molecule has 2 aromatic rings. The van der Waals surface area contributed by atoms with Crippen molar-refractivity contribution < 1.29 is 13.2 Å². The maximum Gasteiger partial charge on any atom is 0.391 e. The van der Waals surface area contributed by atoms with Gasteiger partial charge in [0.15, 0.2) is 0 Å². The second-order valence-electron chi connectivity index (χ2n) is 4.67. The summed E-state index contributed by atoms with van der Waals surface area (Å²) in [5, 5.41) is -2.62. The van der Waals surface area contributed by atoms with Gasteiger partial charge in [-0.1, -0.05) is 63.6 Å². The first-order valence-corrected chi connectivity index (χ1v) is 8.18. The largest absolute Gasteiger partial charge is 0.391 e. The van der Waals surface area contributed by atoms with Gasteiger partial charge >= 0.3 is 6.05 Å². The number of alkyl halides is 3. The van der Waals surface area contributed by atoms with Crippen LogP contribution in [0.15, 0.2) is 58.0 Å². The molecule has 0 aliphatic carbocycles. The van der Waals surface area contributed by atoms with Crippen molar-refractivity contribution in [2.45, 2.75) is 11.0 Å². The van der Waals surface area contributed by atoms with Gasteiger partial charge in [-0.25, -0.2) is 9.38 Å². The molecular formula is C15H8BrClF3NS. The number of thioether (sulfide) groups is 1. The van der Waals surface area contributed by atoms with Gasteiger partial charge in [-0.05, 0) is 24.3 Å². The van der Waals surface area contributed by atoms with Crippen LogP contribution < -0.4 is 0 Å². The number of aliphatic imine (C=N–C) groups is 1. The molecule has 0 saturated heterocycles. The molecule has 0 amide bonds. The molecule has 114 valence electrons. The lowest BCUT2D eigenvalue weighted by atomic mass is 10.1. The lowest BCUT2D eigenvalue weighted by Crippen LogP contribution is -2.33. The van der Waals surface area contributed by atoms with Gasteiger partial charge in [0, 0.05) is 20.6 Å². The van der Waals surface area contributed by atoms with Crippen molar-refractivity contribution in [2.24, 2.45) is 4.99 Å². The summed E-state index contributed by atoms with van der Waals surface area (Å²) in [6, 6.07) is 8.02. The molecule has 1 nitrogen and oxygen atoms in total. The maximum atomic E-state index is 15.0. The fourth-order valence-electron chi connectivity index (χ4n) is 2.03. The van der Waals surface area contributed by atoms with Crippen molar-refractivity contribution in [3.05, 3.63) is 69.2 Å². The van der Waals surface area contributed by atoms with Crippen LogP contribution in [0.3, 0.4) is 0 Å². The first-order chi connectivity index (χ1) is 10.3. The Morgan fingerprint density at radius 3 is 2.14 bits per heavy atom. The van der Waals surface area contributed by atoms with E-state index >= 15 is 4.39 Å². The standard InChI is InChI=1S/C15H8BrClF3NS/c16-11-5-1-9(2-6-11)13-21-15(19,20)14(18,22-13)10-3-7-12(17)8-4-10/h1-8H. The minimum absolute atomic E-state index is 0.0325. The molecule has 0 spiro atoms. The minimum atomic E-state index is -3.85. The molecule has 2 aromatic carbocycles. The smallest absolute Gasteiger partial charge is 0.217 e. The number of hydrogen-bond donors (Lipinski definition) is 0. The quantitative estimate of drug-likeness (QED) is 0.556. The molecule has 1 aliphatic rings. The molecule has 0 radical (unpaired) electrons. The van der Waals surface area contributed by atoms with Crippen molar-refractivity contribution in [3.8, 4) is 0 Å². The van der Waals surface area contributed by atoms with Crippen molar-refractivity contribution in [3.63, 3.8) is 0 Å². The Bertz CT molecular complexity index is 733. The molecule has 3 rings (SSSR count). The van der Waals surface area contributed by atoms with Crippen LogP contribution in [0.4, 0.5) is 13.2 Å². The highest BCUT2D eigenvalue weighted by Gasteiger charge is 2.62. The molecule has 22 heavy (non-hydrogen) atoms. The Balaban J connectivity index is 1.99. The van der Waals surface area contributed by atoms with E-state index in [1.807, 2.05) is 0 Å². The topological polar surface area (TPSA) is 12.4 Å². The average molecular weight is 407 g/mol. The van der Waals surface area contributed by atoms with Gasteiger partial charge in [0.05, 0.1) is 0 Å². The summed E-state index contributed by atoms with van der Waals surface area (Å²) >= 11 is 9.40. The van der Waals surface area contributed by atoms with E-state index in [1.54, 1.807) is 24.3 Å². The van der Waals surface area contributed by atoms with Crippen molar-refractivity contribution in [1.82, 2.24) is 0 Å². The molecule has 7 heteroatoms. The Hall–Kier alpha value is -0.980. The van der Waals surface area contributed by atoms with Crippen molar-refractivity contribution in [2.75, 3.05) is 0 Å². The summed E-state index contributed by atoms with van der Waals surface area (Å²) in [6.45, 7) is 0. The summed E-state index contributed by atoms with van der Waals surface area (Å²) in [5.41, 5.74) is 0.282. The Morgan fingerprint density at radius 1 is 0.955 bits per heavy atom. The molecule has 1 heterocycles. The third-order valence-electron chi connectivity index (χ3n) is 3.17. The number of nitrogens with zero attached hydrogens (tertiary/aromatic N) is 1. The van der Waals surface area contributed by atoms with Gasteiger partial charge < -0.3 is 0 Å². The summed E-state index contributed by atoms with van der Waals surface area (Å²) < 4.78 is 44.2. The Morgan fingerprint density at radius 2 is 1.55 bits per heavy atom. The molecule has 0 saturated carbocycles. The molecule has 1 aliphatic heterocycles. The van der Waals surface area contributed by atoms with Crippen molar-refractivity contribution in [1.29, 1.82) is 0 Å². The van der Waals surface area contributed by atoms with E-state index < -0.39 is 11.0 Å². The van der Waals surface area contributed by atoms with E-state index in [0.29, 0.717) is 22.3 Å². The Labute approximate surface area is 142 Å². The van der Waals surface area contributed by atoms with E-state index in [9.17, 15) is 8.78 Å². The highest BCUT2D eigenvalue weighted by Crippen LogP contribution is 2.56. The van der Waals surface area contributed by atoms with Gasteiger partial charge in [0.2, 0.25) is 0 Å². The molecule has 1 unspecified atom stereocenters. The number of benzene rings is 2. The van der Waals surface area contributed by atoms with Crippen LogP contribution in [0.2, 0.25) is 5.02 Å². The van der Waals surface area contributed by atoms with Gasteiger partial charge in [0.1, 0.15) is 5.04 Å². The van der Waals surface area contributed by atoms with E-state index in [4.69, 9.17) is 11.6 Å². The third kappa shape index (κ3) is 2.68. The van der Waals surface area contributed by atoms with Crippen LogP contribution in [-0.2, 0) is 5.00 Å². The van der Waals surface area contributed by atoms with Crippen molar-refractivity contribution >= 4 is 44.3 Å². The first kappa shape index (κ1) is 15.9. The van der Waals surface area contributed by atoms with Gasteiger partial charge in [-0.3, -0.25) is 0 Å². The normalized spacial score (nSPS) is 23.4. The van der Waals surface area contributed by atoms with Gasteiger partial charge in [0.25, 0.3) is 5.00 Å². The highest BCUT2D eigenvalue weighted by molar-refractivity contribution is 9.10. The Kier molecular flexibility index (Phi) is 4.03. The fraction of sp³-hybridized carbons (Fsp3) is 0.133. The second-order valence-corrected chi connectivity index (χ2v) is 7.17. The SMILES string of the molecule is FC1(F)N=C(c2ccc(Br)cc2)SC1(F)c1ccc(Cl)cc1. The van der Waals surface area contributed by atoms with Gasteiger partial charge in [-0.2, -0.15) is 8.78 Å². The molecule has 0 fully saturated rings. The zero-order valence-corrected chi connectivity index (χ0v) is 14.0. The van der Waals surface area contributed by atoms with Crippen LogP contribution in [-0.4, -0.2) is 11.1 Å². The van der Waals surface area contributed by atoms with Gasteiger partial charge in [-0.15, -0.1) is 0 Å². The van der Waals surface area contributed by atoms with Crippen LogP contribution in [0.25, 0.3) is 0 Å². The summed E-state index contributed by atoms with van der Waals surface area (Å²) in [4.78, 5) is 3.30. The fourth-order valence-corrected chi connectivity index (χ4v) is 3.52. The lowest BCUT2D eigenvalue weighted by Gasteiger charge is -2.24. The van der Waals surface area contributed by atoms with E-state index in [2.05, 4.69) is 20.9 Å². The lowest BCUT2D eigenvalue weighted by molar-refractivity contribution is -0.0815. The molecule has 0 bridgehead atoms. The first-order valence-electron chi connectivity index (χ1n) is 6.19. The molecule has 0 N–H and O–H groups in total. The monoisotopic (exact) mass is 405 g/mol. The summed E-state index contributed by atoms with van der Waals surface area (Å²) in [5.74, 6) is 0. The number of rotatable bonds is 2. The molecular weight excluding hydrogens is 399 g/mol.